The minimum Gasteiger partial charge on any atom is -0.489 e. The first-order valence-corrected chi connectivity index (χ1v) is 12.6. The molecule has 1 heterocycles. The van der Waals surface area contributed by atoms with Gasteiger partial charge in [0.1, 0.15) is 16.7 Å². The van der Waals surface area contributed by atoms with E-state index in [0.29, 0.717) is 32.2 Å². The van der Waals surface area contributed by atoms with Crippen molar-refractivity contribution in [2.24, 2.45) is 0 Å². The van der Waals surface area contributed by atoms with Gasteiger partial charge in [0.15, 0.2) is 0 Å². The molecule has 0 spiro atoms. The summed E-state index contributed by atoms with van der Waals surface area (Å²) in [7, 11) is -4.03. The fourth-order valence-corrected chi connectivity index (χ4v) is 6.09. The van der Waals surface area contributed by atoms with E-state index < -0.39 is 28.0 Å². The Bertz CT molecular complexity index is 915. The number of nitrogens with zero attached hydrogens (tertiary/aromatic N) is 1. The number of carboxylic acids is 1. The number of carbonyl (C=O) groups is 1. The van der Waals surface area contributed by atoms with Gasteiger partial charge in [-0.2, -0.15) is 4.31 Å². The third-order valence-electron chi connectivity index (χ3n) is 6.20. The molecule has 1 saturated carbocycles. The summed E-state index contributed by atoms with van der Waals surface area (Å²) in [5.41, 5.74) is 0.823. The monoisotopic (exact) mass is 474 g/mol. The van der Waals surface area contributed by atoms with Crippen molar-refractivity contribution in [1.29, 1.82) is 0 Å². The molecule has 0 bridgehead atoms. The highest BCUT2D eigenvalue weighted by molar-refractivity contribution is 7.89. The summed E-state index contributed by atoms with van der Waals surface area (Å²) in [6.07, 6.45) is 1.69. The van der Waals surface area contributed by atoms with Gasteiger partial charge in [-0.15, -0.1) is 0 Å². The third-order valence-corrected chi connectivity index (χ3v) is 8.15. The first-order valence-electron chi connectivity index (χ1n) is 11.1. The molecule has 2 N–H and O–H groups in total. The number of nitrogens with one attached hydrogen (secondary N) is 1. The average molecular weight is 475 g/mol. The third kappa shape index (κ3) is 5.96. The maximum absolute atomic E-state index is 13.3. The van der Waals surface area contributed by atoms with Crippen molar-refractivity contribution in [2.45, 2.75) is 87.8 Å². The average Bonchev–Trinajstić information content (AvgIpc) is 3.20. The summed E-state index contributed by atoms with van der Waals surface area (Å²) in [4.78, 5) is 11.5. The van der Waals surface area contributed by atoms with Crippen LogP contribution in [0.1, 0.15) is 57.4 Å². The van der Waals surface area contributed by atoms with Crippen LogP contribution in [-0.2, 0) is 14.8 Å². The Morgan fingerprint density at radius 3 is 2.66 bits per heavy atom. The maximum atomic E-state index is 13.3. The van der Waals surface area contributed by atoms with Gasteiger partial charge in [0.2, 0.25) is 15.9 Å². The Balaban J connectivity index is 1.64. The van der Waals surface area contributed by atoms with E-state index in [2.05, 4.69) is 5.32 Å². The van der Waals surface area contributed by atoms with E-state index in [4.69, 9.17) is 4.74 Å². The number of sulfonamides is 1. The van der Waals surface area contributed by atoms with E-state index in [9.17, 15) is 27.1 Å². The van der Waals surface area contributed by atoms with Crippen molar-refractivity contribution in [2.75, 3.05) is 13.1 Å². The molecule has 1 aromatic carbocycles. The molecule has 0 unspecified atom stereocenters. The quantitative estimate of drug-likeness (QED) is 0.568. The minimum atomic E-state index is -4.03. The van der Waals surface area contributed by atoms with Crippen molar-refractivity contribution in [3.05, 3.63) is 23.8 Å². The highest BCUT2D eigenvalue weighted by atomic mass is 32.2. The molecule has 1 aromatic rings. The fourth-order valence-electron chi connectivity index (χ4n) is 4.33. The van der Waals surface area contributed by atoms with E-state index in [1.807, 2.05) is 13.8 Å². The van der Waals surface area contributed by atoms with Gasteiger partial charge in [0, 0.05) is 25.4 Å². The van der Waals surface area contributed by atoms with Crippen molar-refractivity contribution in [1.82, 2.24) is 9.62 Å². The van der Waals surface area contributed by atoms with E-state index >= 15 is 0 Å². The molecule has 0 amide bonds. The lowest BCUT2D eigenvalue weighted by Gasteiger charge is -2.29. The van der Waals surface area contributed by atoms with Crippen LogP contribution < -0.4 is 10.1 Å². The van der Waals surface area contributed by atoms with Crippen LogP contribution in [0.15, 0.2) is 23.1 Å². The largest absolute Gasteiger partial charge is 0.489 e. The Kier molecular flexibility index (Phi) is 7.77. The molecule has 7 nitrogen and oxygen atoms in total. The number of aryl methyl sites for hydroxylation is 1. The summed E-state index contributed by atoms with van der Waals surface area (Å²) >= 11 is 0. The lowest BCUT2D eigenvalue weighted by molar-refractivity contribution is -0.140. The van der Waals surface area contributed by atoms with Crippen LogP contribution in [0.3, 0.4) is 0 Å². The first-order chi connectivity index (χ1) is 15.0. The van der Waals surface area contributed by atoms with Crippen molar-refractivity contribution >= 4 is 16.0 Å². The molecule has 2 aliphatic rings. The zero-order valence-electron chi connectivity index (χ0n) is 18.5. The van der Waals surface area contributed by atoms with E-state index in [-0.39, 0.29) is 48.6 Å². The summed E-state index contributed by atoms with van der Waals surface area (Å²) in [6.45, 7) is 4.38. The molecule has 3 rings (SSSR count). The zero-order chi connectivity index (χ0) is 23.5. The number of aliphatic carboxylic acids is 1. The Morgan fingerprint density at radius 1 is 1.31 bits per heavy atom. The van der Waals surface area contributed by atoms with Crippen LogP contribution in [-0.4, -0.2) is 61.0 Å². The molecule has 10 heteroatoms. The van der Waals surface area contributed by atoms with E-state index in [1.54, 1.807) is 12.1 Å². The Labute approximate surface area is 188 Å². The summed E-state index contributed by atoms with van der Waals surface area (Å²) in [5.74, 6) is -3.51. The number of benzene rings is 1. The van der Waals surface area contributed by atoms with Gasteiger partial charge in [-0.3, -0.25) is 4.79 Å². The lowest BCUT2D eigenvalue weighted by Crippen LogP contribution is -2.40. The first kappa shape index (κ1) is 24.9. The van der Waals surface area contributed by atoms with Crippen LogP contribution in [0.25, 0.3) is 0 Å². The number of alkyl halides is 2. The van der Waals surface area contributed by atoms with E-state index in [0.717, 1.165) is 9.87 Å². The van der Waals surface area contributed by atoms with Gasteiger partial charge >= 0.3 is 5.97 Å². The highest BCUT2D eigenvalue weighted by Crippen LogP contribution is 2.34. The molecule has 180 valence electrons. The lowest BCUT2D eigenvalue weighted by atomic mass is 9.92. The maximum Gasteiger partial charge on any atom is 0.322 e. The molecular weight excluding hydrogens is 442 g/mol. The predicted octanol–water partition coefficient (Wildman–Crippen LogP) is 3.56. The molecule has 1 aliphatic heterocycles. The fraction of sp³-hybridized carbons (Fsp3) is 0.682. The van der Waals surface area contributed by atoms with Gasteiger partial charge in [-0.05, 0) is 70.2 Å². The molecule has 2 fully saturated rings. The molecular formula is C22H32F2N2O5S. The summed E-state index contributed by atoms with van der Waals surface area (Å²) in [5, 5.41) is 12.7. The number of carboxylic acid groups (broad SMARTS) is 1. The van der Waals surface area contributed by atoms with Crippen LogP contribution in [0.2, 0.25) is 0 Å². The highest BCUT2D eigenvalue weighted by Gasteiger charge is 2.41. The second-order valence-electron chi connectivity index (χ2n) is 8.86. The van der Waals surface area contributed by atoms with Gasteiger partial charge in [-0.25, -0.2) is 17.2 Å². The standard InChI is InChI=1S/C22H32F2N2O5S/c1-15-5-6-20(32(29,30)26-13-3-4-18(26)21(27)28)19(14-15)31-16(2)9-12-25-17-7-10-22(23,24)11-8-17/h5-6,14,16-18,25H,3-4,7-13H2,1-2H3,(H,27,28)/t16-,18-/m0/s1. The normalized spacial score (nSPS) is 23.2. The Morgan fingerprint density at radius 2 is 2.00 bits per heavy atom. The Hall–Kier alpha value is -1.78. The summed E-state index contributed by atoms with van der Waals surface area (Å²) in [6, 6.07) is 3.76. The number of halogens is 2. The van der Waals surface area contributed by atoms with Crippen molar-refractivity contribution < 1.29 is 31.8 Å². The second-order valence-corrected chi connectivity index (χ2v) is 10.7. The number of hydrogen-bond donors (Lipinski definition) is 2. The smallest absolute Gasteiger partial charge is 0.322 e. The van der Waals surface area contributed by atoms with E-state index in [1.165, 1.54) is 6.07 Å². The second kappa shape index (κ2) is 10.0. The van der Waals surface area contributed by atoms with Gasteiger partial charge < -0.3 is 15.2 Å². The van der Waals surface area contributed by atoms with Gasteiger partial charge in [-0.1, -0.05) is 6.07 Å². The molecule has 1 aliphatic carbocycles. The number of ether oxygens (including phenoxy) is 1. The molecule has 32 heavy (non-hydrogen) atoms. The van der Waals surface area contributed by atoms with Crippen LogP contribution in [0.4, 0.5) is 8.78 Å². The molecule has 2 atom stereocenters. The SMILES string of the molecule is Cc1ccc(S(=O)(=O)N2CCC[C@H]2C(=O)O)c(O[C@@H](C)CCNC2CCC(F)(F)CC2)c1. The zero-order valence-corrected chi connectivity index (χ0v) is 19.3. The molecule has 1 saturated heterocycles. The summed E-state index contributed by atoms with van der Waals surface area (Å²) < 4.78 is 60.1. The topological polar surface area (TPSA) is 95.9 Å². The number of hydrogen-bond acceptors (Lipinski definition) is 5. The van der Waals surface area contributed by atoms with Crippen LogP contribution in [0.5, 0.6) is 5.75 Å². The van der Waals surface area contributed by atoms with Crippen molar-refractivity contribution in [3.63, 3.8) is 0 Å². The predicted molar refractivity (Wildman–Crippen MR) is 116 cm³/mol. The van der Waals surface area contributed by atoms with Crippen LogP contribution in [0, 0.1) is 6.92 Å². The van der Waals surface area contributed by atoms with Crippen LogP contribution >= 0.6 is 0 Å². The number of rotatable bonds is 9. The van der Waals surface area contributed by atoms with Gasteiger partial charge in [0.05, 0.1) is 6.10 Å². The minimum absolute atomic E-state index is 0.0365. The van der Waals surface area contributed by atoms with Crippen molar-refractivity contribution in [3.8, 4) is 5.75 Å². The molecule has 0 radical (unpaired) electrons. The molecule has 0 aromatic heterocycles. The van der Waals surface area contributed by atoms with Gasteiger partial charge in [0.25, 0.3) is 0 Å².